The van der Waals surface area contributed by atoms with E-state index in [0.717, 1.165) is 36.7 Å². The van der Waals surface area contributed by atoms with Crippen molar-refractivity contribution in [1.29, 1.82) is 0 Å². The number of rotatable bonds is 3. The molecule has 2 atom stereocenters. The number of aliphatic hydroxyl groups is 1. The van der Waals surface area contributed by atoms with Crippen molar-refractivity contribution >= 4 is 0 Å². The Kier molecular flexibility index (Phi) is 3.99. The minimum atomic E-state index is -0.363. The highest BCUT2D eigenvalue weighted by Gasteiger charge is 2.36. The van der Waals surface area contributed by atoms with Crippen LogP contribution >= 0.6 is 0 Å². The summed E-state index contributed by atoms with van der Waals surface area (Å²) in [6.07, 6.45) is 4.45. The van der Waals surface area contributed by atoms with Gasteiger partial charge in [-0.1, -0.05) is 19.4 Å². The number of hydrogen-bond donors (Lipinski definition) is 1. The van der Waals surface area contributed by atoms with Crippen LogP contribution in [0.1, 0.15) is 43.4 Å². The van der Waals surface area contributed by atoms with Gasteiger partial charge in [0.1, 0.15) is 5.75 Å². The number of benzene rings is 1. The summed E-state index contributed by atoms with van der Waals surface area (Å²) >= 11 is 0. The Hall–Kier alpha value is -1.06. The largest absolute Gasteiger partial charge is 0.497 e. The van der Waals surface area contributed by atoms with Crippen molar-refractivity contribution in [2.45, 2.75) is 44.8 Å². The maximum atomic E-state index is 10.6. The lowest BCUT2D eigenvalue weighted by Crippen LogP contribution is -2.43. The molecule has 0 radical (unpaired) electrons. The lowest BCUT2D eigenvalue weighted by molar-refractivity contribution is 0.0387. The van der Waals surface area contributed by atoms with Crippen LogP contribution < -0.4 is 4.74 Å². The normalized spacial score (nSPS) is 27.6. The third-order valence-corrected chi connectivity index (χ3v) is 5.16. The van der Waals surface area contributed by atoms with E-state index in [4.69, 9.17) is 4.74 Å². The van der Waals surface area contributed by atoms with Crippen LogP contribution in [0.5, 0.6) is 5.75 Å². The molecule has 1 aliphatic carbocycles. The van der Waals surface area contributed by atoms with Gasteiger partial charge in [0.05, 0.1) is 13.2 Å². The van der Waals surface area contributed by atoms with E-state index in [-0.39, 0.29) is 12.1 Å². The highest BCUT2D eigenvalue weighted by molar-refractivity contribution is 5.41. The number of fused-ring (bicyclic) bond motifs is 1. The first-order chi connectivity index (χ1) is 9.72. The SMILES string of the molecule is CCC1CCN(C2Cc3ccc(OC)cc3C2O)CC1. The molecule has 0 saturated carbocycles. The average molecular weight is 275 g/mol. The third-order valence-electron chi connectivity index (χ3n) is 5.16. The number of ether oxygens (including phenoxy) is 1. The maximum absolute atomic E-state index is 10.6. The molecule has 1 aromatic rings. The molecule has 1 aliphatic heterocycles. The molecule has 3 rings (SSSR count). The second-order valence-corrected chi connectivity index (χ2v) is 6.17. The van der Waals surface area contributed by atoms with Crippen molar-refractivity contribution in [2.75, 3.05) is 20.2 Å². The highest BCUT2D eigenvalue weighted by Crippen LogP contribution is 2.38. The number of hydrogen-bond acceptors (Lipinski definition) is 3. The molecular weight excluding hydrogens is 250 g/mol. The highest BCUT2D eigenvalue weighted by atomic mass is 16.5. The fourth-order valence-corrected chi connectivity index (χ4v) is 3.73. The molecule has 1 saturated heterocycles. The van der Waals surface area contributed by atoms with Crippen molar-refractivity contribution in [2.24, 2.45) is 5.92 Å². The number of piperidine rings is 1. The quantitative estimate of drug-likeness (QED) is 0.920. The van der Waals surface area contributed by atoms with Gasteiger partial charge in [-0.25, -0.2) is 0 Å². The monoisotopic (exact) mass is 275 g/mol. The molecule has 3 nitrogen and oxygen atoms in total. The fourth-order valence-electron chi connectivity index (χ4n) is 3.73. The van der Waals surface area contributed by atoms with Crippen LogP contribution in [0.15, 0.2) is 18.2 Å². The number of aliphatic hydroxyl groups excluding tert-OH is 1. The minimum absolute atomic E-state index is 0.259. The van der Waals surface area contributed by atoms with Crippen molar-refractivity contribution in [3.8, 4) is 5.75 Å². The van der Waals surface area contributed by atoms with E-state index in [1.165, 1.54) is 24.8 Å². The van der Waals surface area contributed by atoms with Crippen LogP contribution in [0.25, 0.3) is 0 Å². The summed E-state index contributed by atoms with van der Waals surface area (Å²) in [7, 11) is 1.68. The van der Waals surface area contributed by atoms with Gasteiger partial charge in [-0.05, 0) is 61.5 Å². The van der Waals surface area contributed by atoms with E-state index in [9.17, 15) is 5.11 Å². The molecule has 0 bridgehead atoms. The molecule has 2 aliphatic rings. The summed E-state index contributed by atoms with van der Waals surface area (Å²) in [6, 6.07) is 6.36. The Morgan fingerprint density at radius 2 is 2.05 bits per heavy atom. The second-order valence-electron chi connectivity index (χ2n) is 6.17. The van der Waals surface area contributed by atoms with Crippen molar-refractivity contribution in [3.05, 3.63) is 29.3 Å². The van der Waals surface area contributed by atoms with Gasteiger partial charge in [-0.2, -0.15) is 0 Å². The summed E-state index contributed by atoms with van der Waals surface area (Å²) in [5.41, 5.74) is 2.34. The van der Waals surface area contributed by atoms with Crippen LogP contribution in [0.2, 0.25) is 0 Å². The van der Waals surface area contributed by atoms with Gasteiger partial charge in [0.15, 0.2) is 0 Å². The summed E-state index contributed by atoms with van der Waals surface area (Å²) in [5, 5.41) is 10.6. The van der Waals surface area contributed by atoms with Crippen LogP contribution in [0.3, 0.4) is 0 Å². The predicted molar refractivity (Wildman–Crippen MR) is 80.0 cm³/mol. The maximum Gasteiger partial charge on any atom is 0.119 e. The van der Waals surface area contributed by atoms with E-state index in [2.05, 4.69) is 17.9 Å². The average Bonchev–Trinajstić information content (AvgIpc) is 2.84. The summed E-state index contributed by atoms with van der Waals surface area (Å²) < 4.78 is 5.27. The van der Waals surface area contributed by atoms with E-state index >= 15 is 0 Å². The van der Waals surface area contributed by atoms with Gasteiger partial charge >= 0.3 is 0 Å². The van der Waals surface area contributed by atoms with Gasteiger partial charge in [-0.15, -0.1) is 0 Å². The van der Waals surface area contributed by atoms with E-state index < -0.39 is 0 Å². The zero-order valence-electron chi connectivity index (χ0n) is 12.5. The molecule has 2 unspecified atom stereocenters. The first-order valence-corrected chi connectivity index (χ1v) is 7.81. The fraction of sp³-hybridized carbons (Fsp3) is 0.647. The summed E-state index contributed by atoms with van der Waals surface area (Å²) in [5.74, 6) is 1.72. The lowest BCUT2D eigenvalue weighted by atomic mass is 9.93. The molecule has 1 fully saturated rings. The summed E-state index contributed by atoms with van der Waals surface area (Å²) in [4.78, 5) is 2.49. The number of nitrogens with zero attached hydrogens (tertiary/aromatic N) is 1. The van der Waals surface area contributed by atoms with Gasteiger partial charge in [0.25, 0.3) is 0 Å². The number of methoxy groups -OCH3 is 1. The standard InChI is InChI=1S/C17H25NO2/c1-3-12-6-8-18(9-7-12)16-10-13-4-5-14(20-2)11-15(13)17(16)19/h4-5,11-12,16-17,19H,3,6-10H2,1-2H3. The molecule has 1 heterocycles. The first kappa shape index (κ1) is 13.9. The molecule has 1 aromatic carbocycles. The van der Waals surface area contributed by atoms with Crippen LogP contribution in [-0.2, 0) is 6.42 Å². The molecule has 0 spiro atoms. The van der Waals surface area contributed by atoms with Crippen LogP contribution in [0.4, 0.5) is 0 Å². The summed E-state index contributed by atoms with van der Waals surface area (Å²) in [6.45, 7) is 4.55. The Balaban J connectivity index is 1.72. The van der Waals surface area contributed by atoms with Crippen LogP contribution in [-0.4, -0.2) is 36.2 Å². The Labute approximate surface area is 121 Å². The molecule has 0 aromatic heterocycles. The Morgan fingerprint density at radius 3 is 2.70 bits per heavy atom. The molecular formula is C17H25NO2. The van der Waals surface area contributed by atoms with Gasteiger partial charge in [0.2, 0.25) is 0 Å². The molecule has 20 heavy (non-hydrogen) atoms. The van der Waals surface area contributed by atoms with E-state index in [1.54, 1.807) is 7.11 Å². The van der Waals surface area contributed by atoms with Crippen molar-refractivity contribution in [3.63, 3.8) is 0 Å². The van der Waals surface area contributed by atoms with Gasteiger partial charge < -0.3 is 9.84 Å². The van der Waals surface area contributed by atoms with Crippen molar-refractivity contribution in [1.82, 2.24) is 4.90 Å². The van der Waals surface area contributed by atoms with E-state index in [0.29, 0.717) is 0 Å². The molecule has 0 amide bonds. The first-order valence-electron chi connectivity index (χ1n) is 7.81. The second kappa shape index (κ2) is 5.74. The van der Waals surface area contributed by atoms with Crippen LogP contribution in [0, 0.1) is 5.92 Å². The topological polar surface area (TPSA) is 32.7 Å². The smallest absolute Gasteiger partial charge is 0.119 e. The van der Waals surface area contributed by atoms with Gasteiger partial charge in [0, 0.05) is 6.04 Å². The molecule has 1 N–H and O–H groups in total. The van der Waals surface area contributed by atoms with Gasteiger partial charge in [-0.3, -0.25) is 4.90 Å². The Bertz CT molecular complexity index is 466. The predicted octanol–water partition coefficient (Wildman–Crippen LogP) is 2.78. The third kappa shape index (κ3) is 2.45. The number of likely N-dealkylation sites (tertiary alicyclic amines) is 1. The lowest BCUT2D eigenvalue weighted by Gasteiger charge is -2.37. The zero-order valence-corrected chi connectivity index (χ0v) is 12.5. The van der Waals surface area contributed by atoms with Crippen molar-refractivity contribution < 1.29 is 9.84 Å². The molecule has 110 valence electrons. The van der Waals surface area contributed by atoms with E-state index in [1.807, 2.05) is 12.1 Å². The Morgan fingerprint density at radius 1 is 1.30 bits per heavy atom. The molecule has 3 heteroatoms. The minimum Gasteiger partial charge on any atom is -0.497 e. The zero-order chi connectivity index (χ0) is 14.1.